The van der Waals surface area contributed by atoms with E-state index in [9.17, 15) is 10.0 Å². The molecule has 1 heterocycles. The first kappa shape index (κ1) is 11.5. The highest BCUT2D eigenvalue weighted by Gasteiger charge is 2.12. The topological polar surface area (TPSA) is 40.5 Å². The van der Waals surface area contributed by atoms with Crippen LogP contribution in [0.1, 0.15) is 0 Å². The van der Waals surface area contributed by atoms with Crippen molar-refractivity contribution in [2.75, 3.05) is 0 Å². The zero-order valence-electron chi connectivity index (χ0n) is 9.58. The van der Waals surface area contributed by atoms with E-state index in [2.05, 4.69) is 18.2 Å². The number of fused-ring (bicyclic) bond motifs is 1. The van der Waals surface area contributed by atoms with Gasteiger partial charge in [0.25, 0.3) is 0 Å². The maximum absolute atomic E-state index is 9.19. The molecule has 3 aromatic rings. The Morgan fingerprint density at radius 1 is 0.889 bits per heavy atom. The van der Waals surface area contributed by atoms with Crippen molar-refractivity contribution < 1.29 is 10.0 Å². The van der Waals surface area contributed by atoms with Crippen molar-refractivity contribution >= 4 is 34.0 Å². The maximum Gasteiger partial charge on any atom is 0.488 e. The third-order valence-electron chi connectivity index (χ3n) is 2.89. The molecule has 0 aliphatic carbocycles. The molecule has 0 radical (unpaired) electrons. The van der Waals surface area contributed by atoms with Gasteiger partial charge in [-0.15, -0.1) is 11.3 Å². The van der Waals surface area contributed by atoms with Crippen LogP contribution in [0.2, 0.25) is 0 Å². The maximum atomic E-state index is 9.19. The van der Waals surface area contributed by atoms with Crippen molar-refractivity contribution in [3.63, 3.8) is 0 Å². The Morgan fingerprint density at radius 3 is 2.50 bits per heavy atom. The Bertz CT molecular complexity index is 658. The monoisotopic (exact) mass is 254 g/mol. The van der Waals surface area contributed by atoms with Gasteiger partial charge in [0, 0.05) is 9.58 Å². The summed E-state index contributed by atoms with van der Waals surface area (Å²) in [5.41, 5.74) is 1.53. The summed E-state index contributed by atoms with van der Waals surface area (Å²) in [6.07, 6.45) is 0. The molecule has 88 valence electrons. The lowest BCUT2D eigenvalue weighted by Gasteiger charge is -2.01. The second-order valence-corrected chi connectivity index (χ2v) is 5.23. The highest BCUT2D eigenvalue weighted by molar-refractivity contribution is 7.22. The molecule has 0 aliphatic heterocycles. The van der Waals surface area contributed by atoms with Crippen LogP contribution >= 0.6 is 11.3 Å². The second kappa shape index (κ2) is 4.57. The molecule has 0 saturated heterocycles. The van der Waals surface area contributed by atoms with Crippen LogP contribution in [0.3, 0.4) is 0 Å². The molecule has 0 amide bonds. The summed E-state index contributed by atoms with van der Waals surface area (Å²) in [6, 6.07) is 17.7. The first-order valence-electron chi connectivity index (χ1n) is 5.69. The highest BCUT2D eigenvalue weighted by Crippen LogP contribution is 2.32. The summed E-state index contributed by atoms with van der Waals surface area (Å²) < 4.78 is 1.24. The van der Waals surface area contributed by atoms with Gasteiger partial charge in [-0.25, -0.2) is 0 Å². The molecule has 2 nitrogen and oxygen atoms in total. The molecule has 0 bridgehead atoms. The number of hydrogen-bond acceptors (Lipinski definition) is 3. The minimum Gasteiger partial charge on any atom is -0.423 e. The Balaban J connectivity index is 2.11. The van der Waals surface area contributed by atoms with E-state index in [4.69, 9.17) is 0 Å². The van der Waals surface area contributed by atoms with Crippen molar-refractivity contribution in [2.45, 2.75) is 0 Å². The van der Waals surface area contributed by atoms with Crippen LogP contribution in [-0.4, -0.2) is 17.2 Å². The van der Waals surface area contributed by atoms with E-state index in [0.717, 1.165) is 10.4 Å². The Hall–Kier alpha value is -1.62. The summed E-state index contributed by atoms with van der Waals surface area (Å²) in [5, 5.41) is 19.6. The van der Waals surface area contributed by atoms with Gasteiger partial charge in [0.05, 0.1) is 0 Å². The van der Waals surface area contributed by atoms with Gasteiger partial charge in [-0.2, -0.15) is 0 Å². The van der Waals surface area contributed by atoms with E-state index in [0.29, 0.717) is 5.46 Å². The number of hydrogen-bond donors (Lipinski definition) is 2. The van der Waals surface area contributed by atoms with Gasteiger partial charge >= 0.3 is 7.12 Å². The van der Waals surface area contributed by atoms with Crippen LogP contribution in [0.25, 0.3) is 20.5 Å². The molecule has 2 aromatic carbocycles. The summed E-state index contributed by atoms with van der Waals surface area (Å²) in [4.78, 5) is 1.14. The van der Waals surface area contributed by atoms with Crippen LogP contribution in [0.5, 0.6) is 0 Å². The van der Waals surface area contributed by atoms with E-state index in [1.807, 2.05) is 30.3 Å². The SMILES string of the molecule is OB(O)c1cccc(-c2cc3ccccc3s2)c1. The molecule has 18 heavy (non-hydrogen) atoms. The standard InChI is InChI=1S/C14H11BO2S/c16-15(17)12-6-3-5-10(8-12)14-9-11-4-1-2-7-13(11)18-14/h1-9,16-17H. The van der Waals surface area contributed by atoms with E-state index in [1.165, 1.54) is 10.1 Å². The van der Waals surface area contributed by atoms with E-state index < -0.39 is 7.12 Å². The molecule has 0 aliphatic rings. The zero-order chi connectivity index (χ0) is 12.5. The summed E-state index contributed by atoms with van der Waals surface area (Å²) >= 11 is 1.71. The van der Waals surface area contributed by atoms with Gasteiger partial charge in [-0.3, -0.25) is 0 Å². The number of benzene rings is 2. The van der Waals surface area contributed by atoms with Crippen LogP contribution in [0.4, 0.5) is 0 Å². The van der Waals surface area contributed by atoms with Gasteiger partial charge in [-0.1, -0.05) is 42.5 Å². The fourth-order valence-corrected chi connectivity index (χ4v) is 3.04. The average molecular weight is 254 g/mol. The molecule has 4 heteroatoms. The van der Waals surface area contributed by atoms with E-state index >= 15 is 0 Å². The first-order valence-corrected chi connectivity index (χ1v) is 6.51. The Labute approximate surface area is 109 Å². The second-order valence-electron chi connectivity index (χ2n) is 4.15. The largest absolute Gasteiger partial charge is 0.488 e. The molecule has 3 rings (SSSR count). The van der Waals surface area contributed by atoms with Crippen LogP contribution in [0, 0.1) is 0 Å². The predicted molar refractivity (Wildman–Crippen MR) is 77.1 cm³/mol. The highest BCUT2D eigenvalue weighted by atomic mass is 32.1. The predicted octanol–water partition coefficient (Wildman–Crippen LogP) is 2.25. The van der Waals surface area contributed by atoms with Gasteiger partial charge in [-0.05, 0) is 28.5 Å². The molecule has 0 spiro atoms. The zero-order valence-corrected chi connectivity index (χ0v) is 10.4. The fourth-order valence-electron chi connectivity index (χ4n) is 1.98. The molecular weight excluding hydrogens is 243 g/mol. The lowest BCUT2D eigenvalue weighted by atomic mass is 9.79. The molecule has 0 atom stereocenters. The van der Waals surface area contributed by atoms with Crippen molar-refractivity contribution in [3.05, 3.63) is 54.6 Å². The Morgan fingerprint density at radius 2 is 1.72 bits per heavy atom. The molecule has 0 unspecified atom stereocenters. The third-order valence-corrected chi connectivity index (χ3v) is 4.06. The lowest BCUT2D eigenvalue weighted by Crippen LogP contribution is -2.29. The minimum atomic E-state index is -1.42. The molecule has 0 saturated carbocycles. The van der Waals surface area contributed by atoms with Crippen molar-refractivity contribution in [1.29, 1.82) is 0 Å². The van der Waals surface area contributed by atoms with E-state index in [-0.39, 0.29) is 0 Å². The smallest absolute Gasteiger partial charge is 0.423 e. The molecule has 2 N–H and O–H groups in total. The van der Waals surface area contributed by atoms with Gasteiger partial charge in [0.2, 0.25) is 0 Å². The summed E-state index contributed by atoms with van der Waals surface area (Å²) in [7, 11) is -1.42. The van der Waals surface area contributed by atoms with Crippen LogP contribution in [0.15, 0.2) is 54.6 Å². The third kappa shape index (κ3) is 2.06. The molecular formula is C14H11BO2S. The number of rotatable bonds is 2. The average Bonchev–Trinajstić information content (AvgIpc) is 2.82. The van der Waals surface area contributed by atoms with Gasteiger partial charge < -0.3 is 10.0 Å². The molecule has 0 fully saturated rings. The quantitative estimate of drug-likeness (QED) is 0.688. The van der Waals surface area contributed by atoms with Crippen LogP contribution in [-0.2, 0) is 0 Å². The fraction of sp³-hybridized carbons (Fsp3) is 0. The summed E-state index contributed by atoms with van der Waals surface area (Å²) in [6.45, 7) is 0. The van der Waals surface area contributed by atoms with Gasteiger partial charge in [0.15, 0.2) is 0 Å². The van der Waals surface area contributed by atoms with Crippen molar-refractivity contribution in [3.8, 4) is 10.4 Å². The van der Waals surface area contributed by atoms with Crippen LogP contribution < -0.4 is 5.46 Å². The minimum absolute atomic E-state index is 0.518. The Kier molecular flexibility index (Phi) is 2.92. The lowest BCUT2D eigenvalue weighted by molar-refractivity contribution is 0.426. The van der Waals surface area contributed by atoms with Crippen molar-refractivity contribution in [1.82, 2.24) is 0 Å². The first-order chi connectivity index (χ1) is 8.74. The normalized spacial score (nSPS) is 10.8. The number of thiophene rings is 1. The summed E-state index contributed by atoms with van der Waals surface area (Å²) in [5.74, 6) is 0. The van der Waals surface area contributed by atoms with Crippen molar-refractivity contribution in [2.24, 2.45) is 0 Å². The molecule has 1 aromatic heterocycles. The van der Waals surface area contributed by atoms with E-state index in [1.54, 1.807) is 17.4 Å². The van der Waals surface area contributed by atoms with Gasteiger partial charge in [0.1, 0.15) is 0 Å².